The summed E-state index contributed by atoms with van der Waals surface area (Å²) < 4.78 is 26.4. The quantitative estimate of drug-likeness (QED) is 0.876. The molecule has 0 fully saturated rings. The van der Waals surface area contributed by atoms with Crippen LogP contribution >= 0.6 is 0 Å². The number of carboxylic acid groups (broad SMARTS) is 1. The largest absolute Gasteiger partial charge is 0.478 e. The first-order valence-electron chi connectivity index (χ1n) is 5.12. The van der Waals surface area contributed by atoms with Gasteiger partial charge in [0.1, 0.15) is 11.6 Å². The van der Waals surface area contributed by atoms with Gasteiger partial charge in [0.25, 0.3) is 0 Å². The number of carboxylic acids is 1. The zero-order valence-corrected chi connectivity index (χ0v) is 9.15. The number of aromatic carboxylic acids is 1. The van der Waals surface area contributed by atoms with Crippen molar-refractivity contribution in [1.29, 1.82) is 0 Å². The smallest absolute Gasteiger partial charge is 0.337 e. The highest BCUT2D eigenvalue weighted by Crippen LogP contribution is 2.23. The highest BCUT2D eigenvalue weighted by Gasteiger charge is 2.12. The van der Waals surface area contributed by atoms with Gasteiger partial charge in [0.2, 0.25) is 0 Å². The molecular formula is C13H9F2NO2. The Bertz CT molecular complexity index is 599. The lowest BCUT2D eigenvalue weighted by Gasteiger charge is -2.10. The van der Waals surface area contributed by atoms with Gasteiger partial charge in [0, 0.05) is 0 Å². The number of para-hydroxylation sites is 1. The first-order valence-corrected chi connectivity index (χ1v) is 5.12. The van der Waals surface area contributed by atoms with E-state index in [1.807, 2.05) is 0 Å². The summed E-state index contributed by atoms with van der Waals surface area (Å²) in [6.07, 6.45) is 0. The van der Waals surface area contributed by atoms with E-state index in [9.17, 15) is 13.6 Å². The molecule has 0 aliphatic rings. The molecule has 0 aromatic heterocycles. The molecule has 0 heterocycles. The summed E-state index contributed by atoms with van der Waals surface area (Å²) in [5, 5.41) is 11.6. The monoisotopic (exact) mass is 249 g/mol. The van der Waals surface area contributed by atoms with E-state index >= 15 is 0 Å². The van der Waals surface area contributed by atoms with Gasteiger partial charge in [-0.25, -0.2) is 13.6 Å². The third-order valence-electron chi connectivity index (χ3n) is 2.36. The molecule has 3 nitrogen and oxygen atoms in total. The summed E-state index contributed by atoms with van der Waals surface area (Å²) in [5.74, 6) is -2.46. The predicted octanol–water partition coefficient (Wildman–Crippen LogP) is 3.41. The van der Waals surface area contributed by atoms with Crippen LogP contribution in [0.2, 0.25) is 0 Å². The molecule has 2 N–H and O–H groups in total. The summed E-state index contributed by atoms with van der Waals surface area (Å²) >= 11 is 0. The molecule has 0 amide bonds. The van der Waals surface area contributed by atoms with Gasteiger partial charge in [-0.1, -0.05) is 12.1 Å². The van der Waals surface area contributed by atoms with Crippen molar-refractivity contribution in [3.05, 3.63) is 59.7 Å². The van der Waals surface area contributed by atoms with Crippen LogP contribution in [-0.2, 0) is 0 Å². The minimum absolute atomic E-state index is 0.131. The lowest BCUT2D eigenvalue weighted by molar-refractivity contribution is 0.0697. The molecule has 0 unspecified atom stereocenters. The van der Waals surface area contributed by atoms with Crippen LogP contribution in [0.1, 0.15) is 10.4 Å². The maximum absolute atomic E-state index is 13.4. The molecule has 0 spiro atoms. The Morgan fingerprint density at radius 3 is 2.44 bits per heavy atom. The molecule has 0 aliphatic heterocycles. The van der Waals surface area contributed by atoms with Crippen molar-refractivity contribution in [3.8, 4) is 0 Å². The van der Waals surface area contributed by atoms with Crippen molar-refractivity contribution in [2.45, 2.75) is 0 Å². The molecule has 0 saturated heterocycles. The summed E-state index contributed by atoms with van der Waals surface area (Å²) in [6, 6.07) is 9.07. The predicted molar refractivity (Wildman–Crippen MR) is 63.0 cm³/mol. The molecule has 0 bridgehead atoms. The van der Waals surface area contributed by atoms with Gasteiger partial charge in [0.05, 0.1) is 16.9 Å². The fourth-order valence-electron chi connectivity index (χ4n) is 1.51. The van der Waals surface area contributed by atoms with Crippen LogP contribution in [0.3, 0.4) is 0 Å². The third-order valence-corrected chi connectivity index (χ3v) is 2.36. The molecule has 5 heteroatoms. The number of anilines is 2. The van der Waals surface area contributed by atoms with Crippen LogP contribution in [-0.4, -0.2) is 11.1 Å². The molecule has 0 atom stereocenters. The van der Waals surface area contributed by atoms with E-state index in [1.165, 1.54) is 24.3 Å². The zero-order valence-electron chi connectivity index (χ0n) is 9.15. The fourth-order valence-corrected chi connectivity index (χ4v) is 1.51. The fraction of sp³-hybridized carbons (Fsp3) is 0. The van der Waals surface area contributed by atoms with Crippen LogP contribution in [0, 0.1) is 11.6 Å². The van der Waals surface area contributed by atoms with Crippen molar-refractivity contribution < 1.29 is 18.7 Å². The van der Waals surface area contributed by atoms with Crippen molar-refractivity contribution in [1.82, 2.24) is 0 Å². The van der Waals surface area contributed by atoms with Gasteiger partial charge in [-0.05, 0) is 30.3 Å². The Balaban J connectivity index is 2.41. The SMILES string of the molecule is O=C(O)c1cc(F)ccc1Nc1ccccc1F. The summed E-state index contributed by atoms with van der Waals surface area (Å²) in [5.41, 5.74) is 0.0128. The Labute approximate surface area is 102 Å². The first-order chi connectivity index (χ1) is 8.58. The van der Waals surface area contributed by atoms with Gasteiger partial charge in [0.15, 0.2) is 0 Å². The molecule has 18 heavy (non-hydrogen) atoms. The molecule has 0 radical (unpaired) electrons. The highest BCUT2D eigenvalue weighted by molar-refractivity contribution is 5.95. The topological polar surface area (TPSA) is 49.3 Å². The first kappa shape index (κ1) is 12.0. The summed E-state index contributed by atoms with van der Waals surface area (Å²) in [4.78, 5) is 10.9. The van der Waals surface area contributed by atoms with Crippen LogP contribution in [0.4, 0.5) is 20.2 Å². The van der Waals surface area contributed by atoms with E-state index < -0.39 is 17.6 Å². The Hall–Kier alpha value is -2.43. The van der Waals surface area contributed by atoms with E-state index in [0.717, 1.165) is 12.1 Å². The van der Waals surface area contributed by atoms with E-state index in [4.69, 9.17) is 5.11 Å². The van der Waals surface area contributed by atoms with E-state index in [0.29, 0.717) is 0 Å². The maximum Gasteiger partial charge on any atom is 0.337 e. The lowest BCUT2D eigenvalue weighted by atomic mass is 10.1. The number of hydrogen-bond acceptors (Lipinski definition) is 2. The van der Waals surface area contributed by atoms with E-state index in [1.54, 1.807) is 6.07 Å². The van der Waals surface area contributed by atoms with Gasteiger partial charge in [-0.3, -0.25) is 0 Å². The minimum atomic E-state index is -1.28. The van der Waals surface area contributed by atoms with E-state index in [-0.39, 0.29) is 16.9 Å². The van der Waals surface area contributed by atoms with Gasteiger partial charge < -0.3 is 10.4 Å². The number of halogens is 2. The van der Waals surface area contributed by atoms with Crippen LogP contribution < -0.4 is 5.32 Å². The van der Waals surface area contributed by atoms with Crippen LogP contribution in [0.5, 0.6) is 0 Å². The normalized spacial score (nSPS) is 10.1. The van der Waals surface area contributed by atoms with Crippen LogP contribution in [0.25, 0.3) is 0 Å². The molecule has 2 aromatic carbocycles. The van der Waals surface area contributed by atoms with Crippen molar-refractivity contribution in [2.24, 2.45) is 0 Å². The standard InChI is InChI=1S/C13H9F2NO2/c14-8-5-6-11(9(7-8)13(17)18)16-12-4-2-1-3-10(12)15/h1-7,16H,(H,17,18). The second-order valence-electron chi connectivity index (χ2n) is 3.60. The second-order valence-corrected chi connectivity index (χ2v) is 3.60. The molecular weight excluding hydrogens is 240 g/mol. The second kappa shape index (κ2) is 4.83. The van der Waals surface area contributed by atoms with Gasteiger partial charge in [-0.15, -0.1) is 0 Å². The Morgan fingerprint density at radius 1 is 1.06 bits per heavy atom. The third kappa shape index (κ3) is 2.45. The average molecular weight is 249 g/mol. The zero-order chi connectivity index (χ0) is 13.1. The van der Waals surface area contributed by atoms with Crippen molar-refractivity contribution >= 4 is 17.3 Å². The minimum Gasteiger partial charge on any atom is -0.478 e. The summed E-state index contributed by atoms with van der Waals surface area (Å²) in [7, 11) is 0. The number of rotatable bonds is 3. The van der Waals surface area contributed by atoms with Crippen LogP contribution in [0.15, 0.2) is 42.5 Å². The molecule has 2 aromatic rings. The number of carbonyl (C=O) groups is 1. The molecule has 92 valence electrons. The van der Waals surface area contributed by atoms with Crippen molar-refractivity contribution in [2.75, 3.05) is 5.32 Å². The highest BCUT2D eigenvalue weighted by atomic mass is 19.1. The van der Waals surface area contributed by atoms with Crippen molar-refractivity contribution in [3.63, 3.8) is 0 Å². The molecule has 0 saturated carbocycles. The number of hydrogen-bond donors (Lipinski definition) is 2. The van der Waals surface area contributed by atoms with Gasteiger partial charge >= 0.3 is 5.97 Å². The number of benzene rings is 2. The number of nitrogens with one attached hydrogen (secondary N) is 1. The molecule has 0 aliphatic carbocycles. The lowest BCUT2D eigenvalue weighted by Crippen LogP contribution is -2.04. The molecule has 2 rings (SSSR count). The Morgan fingerprint density at radius 2 is 1.78 bits per heavy atom. The van der Waals surface area contributed by atoms with Gasteiger partial charge in [-0.2, -0.15) is 0 Å². The summed E-state index contributed by atoms with van der Waals surface area (Å²) in [6.45, 7) is 0. The average Bonchev–Trinajstić information content (AvgIpc) is 2.34. The van der Waals surface area contributed by atoms with E-state index in [2.05, 4.69) is 5.32 Å². The Kier molecular flexibility index (Phi) is 3.23. The maximum atomic E-state index is 13.4.